The molecule has 0 bridgehead atoms. The fourth-order valence-electron chi connectivity index (χ4n) is 3.02. The zero-order valence-electron chi connectivity index (χ0n) is 13.0. The maximum atomic E-state index is 12.2. The number of hydrogen-bond acceptors (Lipinski definition) is 3. The number of benzene rings is 1. The Morgan fingerprint density at radius 1 is 1.36 bits per heavy atom. The van der Waals surface area contributed by atoms with Crippen molar-refractivity contribution in [1.29, 1.82) is 0 Å². The van der Waals surface area contributed by atoms with Gasteiger partial charge in [0.05, 0.1) is 12.7 Å². The summed E-state index contributed by atoms with van der Waals surface area (Å²) in [7, 11) is 1.63. The Morgan fingerprint density at radius 3 is 3.05 bits per heavy atom. The molecule has 2 aromatic rings. The van der Waals surface area contributed by atoms with Gasteiger partial charge in [0.15, 0.2) is 0 Å². The molecule has 2 heterocycles. The predicted molar refractivity (Wildman–Crippen MR) is 87.3 cm³/mol. The second kappa shape index (κ2) is 6.83. The second-order valence-electron chi connectivity index (χ2n) is 5.84. The van der Waals surface area contributed by atoms with Crippen molar-refractivity contribution in [3.05, 3.63) is 40.8 Å². The van der Waals surface area contributed by atoms with Crippen molar-refractivity contribution < 1.29 is 4.74 Å². The quantitative estimate of drug-likeness (QED) is 0.891. The summed E-state index contributed by atoms with van der Waals surface area (Å²) in [6, 6.07) is 8.16. The van der Waals surface area contributed by atoms with Gasteiger partial charge in [0, 0.05) is 18.8 Å². The fourth-order valence-corrected chi connectivity index (χ4v) is 3.02. The van der Waals surface area contributed by atoms with Gasteiger partial charge in [-0.15, -0.1) is 0 Å². The van der Waals surface area contributed by atoms with Crippen LogP contribution < -0.4 is 15.6 Å². The first-order valence-electron chi connectivity index (χ1n) is 7.93. The number of piperidine rings is 1. The molecule has 1 fully saturated rings. The lowest BCUT2D eigenvalue weighted by molar-refractivity contribution is 0.360. The van der Waals surface area contributed by atoms with Gasteiger partial charge in [0.25, 0.3) is 5.56 Å². The van der Waals surface area contributed by atoms with Gasteiger partial charge in [-0.05, 0) is 43.5 Å². The molecule has 1 unspecified atom stereocenters. The van der Waals surface area contributed by atoms with E-state index in [0.29, 0.717) is 11.6 Å². The summed E-state index contributed by atoms with van der Waals surface area (Å²) in [4.78, 5) is 12.2. The minimum atomic E-state index is -0.0511. The van der Waals surface area contributed by atoms with Crippen LogP contribution in [0.25, 0.3) is 11.1 Å². The highest BCUT2D eigenvalue weighted by Crippen LogP contribution is 2.21. The standard InChI is InChI=1S/C17H23N3O2/c1-22-15-7-4-5-13(11-15)16-12-20(19-17(16)21)10-8-14-6-2-3-9-18-14/h4-5,7,11-12,14,18H,2-3,6,8-10H2,1H3,(H,19,21). The molecule has 0 amide bonds. The molecule has 3 rings (SSSR count). The lowest BCUT2D eigenvalue weighted by Crippen LogP contribution is -2.34. The lowest BCUT2D eigenvalue weighted by Gasteiger charge is -2.23. The minimum absolute atomic E-state index is 0.0511. The van der Waals surface area contributed by atoms with Crippen LogP contribution in [0.2, 0.25) is 0 Å². The predicted octanol–water partition coefficient (Wildman–Crippen LogP) is 2.38. The third kappa shape index (κ3) is 3.42. The molecule has 5 nitrogen and oxygen atoms in total. The Hall–Kier alpha value is -2.01. The summed E-state index contributed by atoms with van der Waals surface area (Å²) in [6.45, 7) is 1.94. The van der Waals surface area contributed by atoms with Crippen LogP contribution in [0, 0.1) is 0 Å². The molecule has 0 saturated carbocycles. The molecule has 5 heteroatoms. The highest BCUT2D eigenvalue weighted by Gasteiger charge is 2.13. The molecule has 0 spiro atoms. The molecule has 0 radical (unpaired) electrons. The van der Waals surface area contributed by atoms with E-state index < -0.39 is 0 Å². The smallest absolute Gasteiger partial charge is 0.271 e. The first kappa shape index (κ1) is 14.9. The van der Waals surface area contributed by atoms with E-state index >= 15 is 0 Å². The molecule has 1 aromatic heterocycles. The van der Waals surface area contributed by atoms with E-state index in [9.17, 15) is 4.79 Å². The molecule has 0 aliphatic carbocycles. The summed E-state index contributed by atoms with van der Waals surface area (Å²) in [5, 5.41) is 6.45. The number of hydrogen-bond donors (Lipinski definition) is 2. The Balaban J connectivity index is 1.71. The first-order valence-corrected chi connectivity index (χ1v) is 7.93. The molecule has 1 aliphatic heterocycles. The summed E-state index contributed by atoms with van der Waals surface area (Å²) in [5.74, 6) is 0.760. The summed E-state index contributed by atoms with van der Waals surface area (Å²) >= 11 is 0. The van der Waals surface area contributed by atoms with Crippen LogP contribution in [0.1, 0.15) is 25.7 Å². The normalized spacial score (nSPS) is 18.3. The van der Waals surface area contributed by atoms with Gasteiger partial charge in [0.2, 0.25) is 0 Å². The molecular weight excluding hydrogens is 278 g/mol. The van der Waals surface area contributed by atoms with Gasteiger partial charge >= 0.3 is 0 Å². The van der Waals surface area contributed by atoms with Crippen LogP contribution in [0.15, 0.2) is 35.3 Å². The van der Waals surface area contributed by atoms with E-state index in [1.54, 1.807) is 7.11 Å². The van der Waals surface area contributed by atoms with Crippen molar-refractivity contribution in [3.63, 3.8) is 0 Å². The maximum absolute atomic E-state index is 12.2. The Bertz CT molecular complexity index is 669. The molecule has 1 aliphatic rings. The molecule has 1 atom stereocenters. The van der Waals surface area contributed by atoms with Crippen LogP contribution in [0.3, 0.4) is 0 Å². The summed E-state index contributed by atoms with van der Waals surface area (Å²) in [5.41, 5.74) is 1.52. The van der Waals surface area contributed by atoms with Gasteiger partial charge < -0.3 is 10.1 Å². The monoisotopic (exact) mass is 301 g/mol. The number of nitrogens with one attached hydrogen (secondary N) is 2. The Morgan fingerprint density at radius 2 is 2.27 bits per heavy atom. The summed E-state index contributed by atoms with van der Waals surface area (Å²) < 4.78 is 7.12. The zero-order valence-corrected chi connectivity index (χ0v) is 13.0. The van der Waals surface area contributed by atoms with Gasteiger partial charge in [0.1, 0.15) is 5.75 Å². The van der Waals surface area contributed by atoms with Crippen molar-refractivity contribution in [2.75, 3.05) is 13.7 Å². The van der Waals surface area contributed by atoms with Gasteiger partial charge in [-0.3, -0.25) is 14.6 Å². The number of rotatable bonds is 5. The number of aromatic nitrogens is 2. The molecule has 1 aromatic carbocycles. The van der Waals surface area contributed by atoms with Gasteiger partial charge in [-0.2, -0.15) is 0 Å². The van der Waals surface area contributed by atoms with Crippen LogP contribution >= 0.6 is 0 Å². The number of methoxy groups -OCH3 is 1. The van der Waals surface area contributed by atoms with E-state index in [-0.39, 0.29) is 5.56 Å². The molecule has 2 N–H and O–H groups in total. The van der Waals surface area contributed by atoms with Crippen molar-refractivity contribution in [2.24, 2.45) is 0 Å². The Labute approximate surface area is 130 Å². The number of aryl methyl sites for hydroxylation is 1. The number of aromatic amines is 1. The highest BCUT2D eigenvalue weighted by atomic mass is 16.5. The van der Waals surface area contributed by atoms with E-state index in [1.807, 2.05) is 35.1 Å². The fraction of sp³-hybridized carbons (Fsp3) is 0.471. The van der Waals surface area contributed by atoms with E-state index in [0.717, 1.165) is 30.8 Å². The first-order chi connectivity index (χ1) is 10.8. The van der Waals surface area contributed by atoms with Crippen LogP contribution in [-0.2, 0) is 6.54 Å². The molecular formula is C17H23N3O2. The molecule has 1 saturated heterocycles. The number of ether oxygens (including phenoxy) is 1. The van der Waals surface area contributed by atoms with Crippen molar-refractivity contribution in [1.82, 2.24) is 15.1 Å². The van der Waals surface area contributed by atoms with Crippen molar-refractivity contribution >= 4 is 0 Å². The van der Waals surface area contributed by atoms with E-state index in [4.69, 9.17) is 4.74 Å². The van der Waals surface area contributed by atoms with Gasteiger partial charge in [-0.25, -0.2) is 0 Å². The van der Waals surface area contributed by atoms with Crippen LogP contribution in [0.4, 0.5) is 0 Å². The van der Waals surface area contributed by atoms with Crippen molar-refractivity contribution in [2.45, 2.75) is 38.3 Å². The SMILES string of the molecule is COc1cccc(-c2cn(CCC3CCCCN3)[nH]c2=O)c1. The third-order valence-corrected chi connectivity index (χ3v) is 4.29. The van der Waals surface area contributed by atoms with Crippen molar-refractivity contribution in [3.8, 4) is 16.9 Å². The largest absolute Gasteiger partial charge is 0.497 e. The van der Waals surface area contributed by atoms with Gasteiger partial charge in [-0.1, -0.05) is 18.6 Å². The third-order valence-electron chi connectivity index (χ3n) is 4.29. The number of H-pyrrole nitrogens is 1. The summed E-state index contributed by atoms with van der Waals surface area (Å²) in [6.07, 6.45) is 6.75. The van der Waals surface area contributed by atoms with E-state index in [1.165, 1.54) is 19.3 Å². The molecule has 118 valence electrons. The minimum Gasteiger partial charge on any atom is -0.497 e. The van der Waals surface area contributed by atoms with Crippen LogP contribution in [0.5, 0.6) is 5.75 Å². The second-order valence-corrected chi connectivity index (χ2v) is 5.84. The maximum Gasteiger partial charge on any atom is 0.271 e. The lowest BCUT2D eigenvalue weighted by atomic mass is 10.0. The van der Waals surface area contributed by atoms with E-state index in [2.05, 4.69) is 10.4 Å². The average molecular weight is 301 g/mol. The Kier molecular flexibility index (Phi) is 4.63. The van der Waals surface area contributed by atoms with Crippen LogP contribution in [-0.4, -0.2) is 29.5 Å². The zero-order chi connectivity index (χ0) is 15.4. The number of nitrogens with zero attached hydrogens (tertiary/aromatic N) is 1. The average Bonchev–Trinajstić information content (AvgIpc) is 2.95. The topological polar surface area (TPSA) is 59.0 Å². The highest BCUT2D eigenvalue weighted by molar-refractivity contribution is 5.63. The molecule has 22 heavy (non-hydrogen) atoms.